The summed E-state index contributed by atoms with van der Waals surface area (Å²) >= 11 is 7.74. The van der Waals surface area contributed by atoms with Gasteiger partial charge in [0.05, 0.1) is 5.92 Å². The lowest BCUT2D eigenvalue weighted by atomic mass is 9.62. The Kier molecular flexibility index (Phi) is 8.71. The minimum Gasteiger partial charge on any atom is -0.293 e. The molecule has 1 aliphatic rings. The number of carbonyl (C=O) groups excluding carboxylic acids is 1. The normalized spacial score (nSPS) is 18.1. The molecule has 7 rings (SSSR count). The first-order valence-electron chi connectivity index (χ1n) is 15.6. The molecular formula is C43H32Br2O. The van der Waals surface area contributed by atoms with E-state index in [1.54, 1.807) is 0 Å². The standard InChI is InChI=1S/C43H32Br2O/c1-28-39(35-22-8-10-24-37(35)44)41(33-20-12-18-31(26-33)29-14-4-2-5-15-29)43(46)42(40(28)36-23-9-11-25-38(36)45)34-21-13-19-32(27-34)30-16-6-3-7-17-30/h2-28,39,41H,1H3. The van der Waals surface area contributed by atoms with Crippen molar-refractivity contribution in [2.24, 2.45) is 5.92 Å². The molecule has 46 heavy (non-hydrogen) atoms. The van der Waals surface area contributed by atoms with Gasteiger partial charge >= 0.3 is 0 Å². The molecule has 0 N–H and O–H groups in total. The molecule has 6 aromatic rings. The third-order valence-corrected chi connectivity index (χ3v) is 10.6. The molecule has 224 valence electrons. The van der Waals surface area contributed by atoms with Crippen LogP contribution in [0.1, 0.15) is 41.0 Å². The zero-order chi connectivity index (χ0) is 31.6. The maximum atomic E-state index is 15.5. The van der Waals surface area contributed by atoms with Gasteiger partial charge in [-0.05, 0) is 74.2 Å². The molecule has 0 saturated carbocycles. The highest BCUT2D eigenvalue weighted by molar-refractivity contribution is 9.10. The van der Waals surface area contributed by atoms with Crippen LogP contribution in [0.25, 0.3) is 33.4 Å². The Labute approximate surface area is 287 Å². The van der Waals surface area contributed by atoms with E-state index in [0.29, 0.717) is 0 Å². The second-order valence-electron chi connectivity index (χ2n) is 11.9. The summed E-state index contributed by atoms with van der Waals surface area (Å²) in [5, 5.41) is 0. The fraction of sp³-hybridized carbons (Fsp3) is 0.0930. The number of allylic oxidation sites excluding steroid dienone is 2. The van der Waals surface area contributed by atoms with Gasteiger partial charge in [-0.3, -0.25) is 4.79 Å². The summed E-state index contributed by atoms with van der Waals surface area (Å²) in [6.07, 6.45) is 0. The van der Waals surface area contributed by atoms with Crippen LogP contribution in [0.4, 0.5) is 0 Å². The van der Waals surface area contributed by atoms with Crippen LogP contribution >= 0.6 is 31.9 Å². The molecule has 0 saturated heterocycles. The van der Waals surface area contributed by atoms with Gasteiger partial charge in [0.15, 0.2) is 5.78 Å². The van der Waals surface area contributed by atoms with Crippen LogP contribution in [0.3, 0.4) is 0 Å². The van der Waals surface area contributed by atoms with E-state index in [1.165, 1.54) is 0 Å². The highest BCUT2D eigenvalue weighted by atomic mass is 79.9. The SMILES string of the molecule is CC1C(c2ccccc2Br)=C(c2cccc(-c3ccccc3)c2)C(=O)C(c2cccc(-c3ccccc3)c2)C1c1ccccc1Br. The van der Waals surface area contributed by atoms with Gasteiger partial charge < -0.3 is 0 Å². The fourth-order valence-corrected chi connectivity index (χ4v) is 8.13. The fourth-order valence-electron chi connectivity index (χ4n) is 7.08. The monoisotopic (exact) mass is 722 g/mol. The number of hydrogen-bond donors (Lipinski definition) is 0. The molecule has 0 amide bonds. The van der Waals surface area contributed by atoms with Crippen LogP contribution in [0.2, 0.25) is 0 Å². The van der Waals surface area contributed by atoms with Crippen molar-refractivity contribution in [3.8, 4) is 22.3 Å². The van der Waals surface area contributed by atoms with Gasteiger partial charge in [-0.1, -0.05) is 178 Å². The van der Waals surface area contributed by atoms with Crippen LogP contribution < -0.4 is 0 Å². The second-order valence-corrected chi connectivity index (χ2v) is 13.6. The summed E-state index contributed by atoms with van der Waals surface area (Å²) in [7, 11) is 0. The van der Waals surface area contributed by atoms with E-state index in [4.69, 9.17) is 0 Å². The average molecular weight is 725 g/mol. The molecule has 0 radical (unpaired) electrons. The molecule has 0 heterocycles. The first kappa shape index (κ1) is 30.3. The first-order chi connectivity index (χ1) is 22.5. The topological polar surface area (TPSA) is 17.1 Å². The number of rotatable bonds is 6. The van der Waals surface area contributed by atoms with Gasteiger partial charge in [-0.25, -0.2) is 0 Å². The Hall–Kier alpha value is -4.31. The summed E-state index contributed by atoms with van der Waals surface area (Å²) < 4.78 is 2.00. The maximum absolute atomic E-state index is 15.5. The number of carbonyl (C=O) groups is 1. The van der Waals surface area contributed by atoms with E-state index in [2.05, 4.69) is 172 Å². The lowest BCUT2D eigenvalue weighted by Crippen LogP contribution is -2.33. The van der Waals surface area contributed by atoms with Gasteiger partial charge in [0.1, 0.15) is 0 Å². The second kappa shape index (κ2) is 13.2. The van der Waals surface area contributed by atoms with Gasteiger partial charge in [-0.2, -0.15) is 0 Å². The first-order valence-corrected chi connectivity index (χ1v) is 17.2. The van der Waals surface area contributed by atoms with Crippen molar-refractivity contribution in [2.75, 3.05) is 0 Å². The van der Waals surface area contributed by atoms with Crippen LogP contribution in [0.15, 0.2) is 167 Å². The Morgan fingerprint density at radius 3 is 1.67 bits per heavy atom. The molecule has 0 spiro atoms. The lowest BCUT2D eigenvalue weighted by molar-refractivity contribution is -0.116. The molecule has 0 aliphatic heterocycles. The van der Waals surface area contributed by atoms with Crippen molar-refractivity contribution in [2.45, 2.75) is 18.8 Å². The van der Waals surface area contributed by atoms with E-state index in [1.807, 2.05) is 24.3 Å². The largest absolute Gasteiger partial charge is 0.293 e. The number of hydrogen-bond acceptors (Lipinski definition) is 1. The van der Waals surface area contributed by atoms with E-state index >= 15 is 4.79 Å². The van der Waals surface area contributed by atoms with Gasteiger partial charge in [-0.15, -0.1) is 0 Å². The van der Waals surface area contributed by atoms with Crippen molar-refractivity contribution in [3.05, 3.63) is 189 Å². The summed E-state index contributed by atoms with van der Waals surface area (Å²) in [4.78, 5) is 15.5. The van der Waals surface area contributed by atoms with E-state index < -0.39 is 0 Å². The van der Waals surface area contributed by atoms with Crippen LogP contribution in [0, 0.1) is 5.92 Å². The smallest absolute Gasteiger partial charge is 0.171 e. The highest BCUT2D eigenvalue weighted by Gasteiger charge is 2.45. The van der Waals surface area contributed by atoms with Gasteiger partial charge in [0.2, 0.25) is 0 Å². The Morgan fingerprint density at radius 2 is 1.02 bits per heavy atom. The van der Waals surface area contributed by atoms with Crippen LogP contribution in [-0.4, -0.2) is 5.78 Å². The molecule has 0 aromatic heterocycles. The molecule has 6 aromatic carbocycles. The summed E-state index contributed by atoms with van der Waals surface area (Å²) in [5.41, 5.74) is 10.5. The molecular weight excluding hydrogens is 692 g/mol. The van der Waals surface area contributed by atoms with E-state index in [0.717, 1.165) is 64.6 Å². The van der Waals surface area contributed by atoms with Crippen molar-refractivity contribution < 1.29 is 4.79 Å². The molecule has 3 unspecified atom stereocenters. The average Bonchev–Trinajstić information content (AvgIpc) is 3.10. The Morgan fingerprint density at radius 1 is 0.500 bits per heavy atom. The molecule has 0 bridgehead atoms. The zero-order valence-corrected chi connectivity index (χ0v) is 28.6. The van der Waals surface area contributed by atoms with Crippen molar-refractivity contribution in [3.63, 3.8) is 0 Å². The summed E-state index contributed by atoms with van der Waals surface area (Å²) in [5.74, 6) is -0.341. The third kappa shape index (κ3) is 5.75. The minimum atomic E-state index is -0.390. The highest BCUT2D eigenvalue weighted by Crippen LogP contribution is 2.55. The summed E-state index contributed by atoms with van der Waals surface area (Å²) in [6, 6.07) is 54.5. The number of halogens is 2. The third-order valence-electron chi connectivity index (χ3n) is 9.19. The van der Waals surface area contributed by atoms with Gasteiger partial charge in [0, 0.05) is 20.4 Å². The molecule has 1 aliphatic carbocycles. The van der Waals surface area contributed by atoms with Gasteiger partial charge in [0.25, 0.3) is 0 Å². The van der Waals surface area contributed by atoms with Crippen LogP contribution in [0.5, 0.6) is 0 Å². The quantitative estimate of drug-likeness (QED) is 0.167. The van der Waals surface area contributed by atoms with Crippen molar-refractivity contribution in [1.82, 2.24) is 0 Å². The van der Waals surface area contributed by atoms with E-state index in [9.17, 15) is 0 Å². The van der Waals surface area contributed by atoms with Crippen LogP contribution in [-0.2, 0) is 4.79 Å². The van der Waals surface area contributed by atoms with Crippen molar-refractivity contribution >= 4 is 48.8 Å². The molecule has 0 fully saturated rings. The number of benzene rings is 6. The maximum Gasteiger partial charge on any atom is 0.171 e. The number of Topliss-reactive ketones (excluding diaryl/α,β-unsaturated/α-hetero) is 1. The Balaban J connectivity index is 1.50. The summed E-state index contributed by atoms with van der Waals surface area (Å²) in [6.45, 7) is 2.29. The number of ketones is 1. The zero-order valence-electron chi connectivity index (χ0n) is 25.4. The molecule has 3 atom stereocenters. The lowest BCUT2D eigenvalue weighted by Gasteiger charge is -2.40. The minimum absolute atomic E-state index is 0.0101. The molecule has 1 nitrogen and oxygen atoms in total. The van der Waals surface area contributed by atoms with Crippen molar-refractivity contribution in [1.29, 1.82) is 0 Å². The predicted octanol–water partition coefficient (Wildman–Crippen LogP) is 12.2. The Bertz CT molecular complexity index is 2060. The molecule has 3 heteroatoms. The predicted molar refractivity (Wildman–Crippen MR) is 199 cm³/mol. The van der Waals surface area contributed by atoms with E-state index in [-0.39, 0.29) is 23.5 Å².